The van der Waals surface area contributed by atoms with Crippen LogP contribution in [0.2, 0.25) is 0 Å². The third-order valence-corrected chi connectivity index (χ3v) is 4.94. The summed E-state index contributed by atoms with van der Waals surface area (Å²) >= 11 is 0. The van der Waals surface area contributed by atoms with Crippen LogP contribution >= 0.6 is 24.0 Å². The van der Waals surface area contributed by atoms with E-state index in [1.165, 1.54) is 31.2 Å². The molecule has 1 unspecified atom stereocenters. The summed E-state index contributed by atoms with van der Waals surface area (Å²) in [6, 6.07) is 0. The van der Waals surface area contributed by atoms with Crippen molar-refractivity contribution in [2.45, 2.75) is 44.1 Å². The molecule has 2 fully saturated rings. The first-order valence-corrected chi connectivity index (χ1v) is 8.82. The van der Waals surface area contributed by atoms with Crippen LogP contribution in [0.15, 0.2) is 17.4 Å². The van der Waals surface area contributed by atoms with E-state index in [4.69, 9.17) is 4.74 Å². The maximum Gasteiger partial charge on any atom is 0.193 e. The van der Waals surface area contributed by atoms with Crippen LogP contribution in [-0.2, 0) is 11.8 Å². The second-order valence-electron chi connectivity index (χ2n) is 6.63. The molecule has 1 atom stereocenters. The molecule has 0 bridgehead atoms. The van der Waals surface area contributed by atoms with Crippen LogP contribution in [0.25, 0.3) is 0 Å². The Morgan fingerprint density at radius 2 is 2.17 bits per heavy atom. The number of nitrogens with zero attached hydrogens (tertiary/aromatic N) is 4. The van der Waals surface area contributed by atoms with Gasteiger partial charge in [0.2, 0.25) is 0 Å². The van der Waals surface area contributed by atoms with Gasteiger partial charge in [-0.3, -0.25) is 9.67 Å². The Kier molecular flexibility index (Phi) is 7.80. The number of hydrogen-bond donors (Lipinski definition) is 1. The van der Waals surface area contributed by atoms with Gasteiger partial charge in [0.05, 0.1) is 18.9 Å². The number of rotatable bonds is 5. The quantitative estimate of drug-likeness (QED) is 0.326. The Balaban J connectivity index is 0.00000208. The lowest BCUT2D eigenvalue weighted by atomic mass is 10.0. The van der Waals surface area contributed by atoms with E-state index in [1.807, 2.05) is 25.0 Å². The average molecular weight is 447 g/mol. The smallest absolute Gasteiger partial charge is 0.193 e. The Labute approximate surface area is 162 Å². The minimum atomic E-state index is 0. The average Bonchev–Trinajstić information content (AvgIpc) is 3.28. The number of hydrogen-bond acceptors (Lipinski definition) is 3. The maximum absolute atomic E-state index is 5.91. The van der Waals surface area contributed by atoms with Gasteiger partial charge in [-0.2, -0.15) is 5.10 Å². The highest BCUT2D eigenvalue weighted by molar-refractivity contribution is 14.0. The fraction of sp³-hybridized carbons (Fsp3) is 0.765. The highest BCUT2D eigenvalue weighted by Gasteiger charge is 2.26. The molecule has 0 aromatic carbocycles. The molecule has 0 spiro atoms. The lowest BCUT2D eigenvalue weighted by Crippen LogP contribution is -2.41. The number of aromatic nitrogens is 2. The topological polar surface area (TPSA) is 54.7 Å². The number of halogens is 1. The number of nitrogens with one attached hydrogen (secondary N) is 1. The van der Waals surface area contributed by atoms with Crippen molar-refractivity contribution in [2.24, 2.45) is 12.0 Å². The third-order valence-electron chi connectivity index (χ3n) is 4.94. The molecule has 136 valence electrons. The molecule has 1 N–H and O–H groups in total. The Hall–Kier alpha value is -0.830. The normalized spacial score (nSPS) is 22.0. The van der Waals surface area contributed by atoms with Crippen LogP contribution in [0.5, 0.6) is 0 Å². The first-order valence-electron chi connectivity index (χ1n) is 8.82. The highest BCUT2D eigenvalue weighted by Crippen LogP contribution is 2.26. The van der Waals surface area contributed by atoms with Gasteiger partial charge in [0.25, 0.3) is 0 Å². The van der Waals surface area contributed by atoms with E-state index in [0.29, 0.717) is 12.0 Å². The van der Waals surface area contributed by atoms with Gasteiger partial charge >= 0.3 is 0 Å². The number of aryl methyl sites for hydroxylation is 1. The van der Waals surface area contributed by atoms with E-state index in [-0.39, 0.29) is 24.0 Å². The molecule has 1 aliphatic carbocycles. The largest absolute Gasteiger partial charge is 0.376 e. The zero-order valence-electron chi connectivity index (χ0n) is 14.8. The first kappa shape index (κ1) is 19.5. The summed E-state index contributed by atoms with van der Waals surface area (Å²) in [7, 11) is 3.83. The monoisotopic (exact) mass is 447 g/mol. The summed E-state index contributed by atoms with van der Waals surface area (Å²) in [5.74, 6) is 1.54. The summed E-state index contributed by atoms with van der Waals surface area (Å²) in [5, 5.41) is 7.73. The van der Waals surface area contributed by atoms with Gasteiger partial charge in [0.1, 0.15) is 0 Å². The highest BCUT2D eigenvalue weighted by atomic mass is 127. The van der Waals surface area contributed by atoms with E-state index < -0.39 is 0 Å². The van der Waals surface area contributed by atoms with Crippen LogP contribution in [0, 0.1) is 0 Å². The van der Waals surface area contributed by atoms with E-state index in [1.54, 1.807) is 0 Å². The van der Waals surface area contributed by atoms with Crippen molar-refractivity contribution < 1.29 is 4.74 Å². The predicted octanol–water partition coefficient (Wildman–Crippen LogP) is 2.36. The molecule has 1 saturated carbocycles. The maximum atomic E-state index is 5.91. The minimum Gasteiger partial charge on any atom is -0.376 e. The molecule has 0 radical (unpaired) electrons. The van der Waals surface area contributed by atoms with Gasteiger partial charge in [-0.05, 0) is 24.8 Å². The molecule has 7 heteroatoms. The number of aliphatic imine (C=N–C) groups is 1. The standard InChI is InChI=1S/C17H29N5O.HI/c1-18-17(19-8-10-23-16-5-3-4-6-16)22-9-7-14(13-22)15-11-20-21(2)12-15;/h11-12,14,16H,3-10,13H2,1-2H3,(H,18,19);1H. The molecule has 6 nitrogen and oxygen atoms in total. The second kappa shape index (κ2) is 9.60. The molecule has 24 heavy (non-hydrogen) atoms. The van der Waals surface area contributed by atoms with Gasteiger partial charge in [0.15, 0.2) is 5.96 Å². The van der Waals surface area contributed by atoms with Crippen molar-refractivity contribution in [1.29, 1.82) is 0 Å². The van der Waals surface area contributed by atoms with Crippen LogP contribution in [0.3, 0.4) is 0 Å². The van der Waals surface area contributed by atoms with Gasteiger partial charge in [-0.15, -0.1) is 24.0 Å². The van der Waals surface area contributed by atoms with Crippen molar-refractivity contribution in [1.82, 2.24) is 20.0 Å². The zero-order valence-corrected chi connectivity index (χ0v) is 17.1. The molecule has 2 heterocycles. The van der Waals surface area contributed by atoms with E-state index in [0.717, 1.165) is 38.6 Å². The lowest BCUT2D eigenvalue weighted by molar-refractivity contribution is 0.0620. The van der Waals surface area contributed by atoms with Crippen molar-refractivity contribution in [3.05, 3.63) is 18.0 Å². The zero-order chi connectivity index (χ0) is 16.1. The van der Waals surface area contributed by atoms with Crippen molar-refractivity contribution in [3.63, 3.8) is 0 Å². The van der Waals surface area contributed by atoms with Crippen LogP contribution in [-0.4, -0.2) is 60.0 Å². The lowest BCUT2D eigenvalue weighted by Gasteiger charge is -2.22. The summed E-state index contributed by atoms with van der Waals surface area (Å²) in [4.78, 5) is 6.77. The molecular formula is C17H30IN5O. The number of guanidine groups is 1. The molecular weight excluding hydrogens is 417 g/mol. The van der Waals surface area contributed by atoms with Crippen LogP contribution < -0.4 is 5.32 Å². The second-order valence-corrected chi connectivity index (χ2v) is 6.63. The molecule has 0 amide bonds. The molecule has 2 aliphatic rings. The Morgan fingerprint density at radius 3 is 2.83 bits per heavy atom. The fourth-order valence-electron chi connectivity index (χ4n) is 3.65. The molecule has 1 aliphatic heterocycles. The fourth-order valence-corrected chi connectivity index (χ4v) is 3.65. The van der Waals surface area contributed by atoms with Crippen LogP contribution in [0.1, 0.15) is 43.6 Å². The van der Waals surface area contributed by atoms with Crippen LogP contribution in [0.4, 0.5) is 0 Å². The van der Waals surface area contributed by atoms with E-state index in [9.17, 15) is 0 Å². The summed E-state index contributed by atoms with van der Waals surface area (Å²) in [6.07, 6.45) is 10.9. The van der Waals surface area contributed by atoms with Crippen molar-refractivity contribution in [2.75, 3.05) is 33.3 Å². The third kappa shape index (κ3) is 5.08. The summed E-state index contributed by atoms with van der Waals surface area (Å²) in [6.45, 7) is 3.65. The van der Waals surface area contributed by atoms with Crippen molar-refractivity contribution >= 4 is 29.9 Å². The summed E-state index contributed by atoms with van der Waals surface area (Å²) < 4.78 is 7.79. The molecule has 1 aromatic heterocycles. The first-order chi connectivity index (χ1) is 11.3. The number of likely N-dealkylation sites (tertiary alicyclic amines) is 1. The van der Waals surface area contributed by atoms with Gasteiger partial charge in [-0.25, -0.2) is 0 Å². The number of ether oxygens (including phenoxy) is 1. The minimum absolute atomic E-state index is 0. The molecule has 1 saturated heterocycles. The van der Waals surface area contributed by atoms with Gasteiger partial charge < -0.3 is 15.0 Å². The molecule has 1 aromatic rings. The SMILES string of the molecule is CN=C(NCCOC1CCCC1)N1CCC(c2cnn(C)c2)C1.I. The van der Waals surface area contributed by atoms with Gasteiger partial charge in [0, 0.05) is 45.8 Å². The predicted molar refractivity (Wildman–Crippen MR) is 107 cm³/mol. The van der Waals surface area contributed by atoms with Crippen molar-refractivity contribution in [3.8, 4) is 0 Å². The van der Waals surface area contributed by atoms with E-state index >= 15 is 0 Å². The Bertz CT molecular complexity index is 527. The molecule has 3 rings (SSSR count). The van der Waals surface area contributed by atoms with Gasteiger partial charge in [-0.1, -0.05) is 12.8 Å². The Morgan fingerprint density at radius 1 is 1.38 bits per heavy atom. The summed E-state index contributed by atoms with van der Waals surface area (Å²) in [5.41, 5.74) is 1.33. The van der Waals surface area contributed by atoms with E-state index in [2.05, 4.69) is 26.5 Å².